The molecule has 21 heavy (non-hydrogen) atoms. The number of hydrogen-bond acceptors (Lipinski definition) is 5. The van der Waals surface area contributed by atoms with Crippen LogP contribution in [0.4, 0.5) is 0 Å². The Hall–Kier alpha value is -1.30. The summed E-state index contributed by atoms with van der Waals surface area (Å²) in [6, 6.07) is 4.06. The monoisotopic (exact) mass is 305 g/mol. The molecule has 2 aromatic rings. The van der Waals surface area contributed by atoms with E-state index in [0.717, 1.165) is 23.7 Å². The number of aromatic nitrogens is 2. The molecular formula is C16H23N3OS. The van der Waals surface area contributed by atoms with E-state index >= 15 is 0 Å². The first-order valence-electron chi connectivity index (χ1n) is 7.08. The number of thiazole rings is 1. The molecule has 0 spiro atoms. The van der Waals surface area contributed by atoms with Crippen LogP contribution >= 0.6 is 11.3 Å². The topological polar surface area (TPSA) is 47.0 Å². The van der Waals surface area contributed by atoms with Gasteiger partial charge in [-0.3, -0.25) is 4.98 Å². The smallest absolute Gasteiger partial charge is 0.0976 e. The molecule has 5 heteroatoms. The van der Waals surface area contributed by atoms with Gasteiger partial charge in [0.05, 0.1) is 17.3 Å². The van der Waals surface area contributed by atoms with Gasteiger partial charge in [0.1, 0.15) is 0 Å². The van der Waals surface area contributed by atoms with E-state index < -0.39 is 0 Å². The van der Waals surface area contributed by atoms with Gasteiger partial charge in [0, 0.05) is 42.9 Å². The third kappa shape index (κ3) is 5.19. The van der Waals surface area contributed by atoms with Crippen molar-refractivity contribution in [3.8, 4) is 0 Å². The first-order valence-corrected chi connectivity index (χ1v) is 7.90. The Kier molecular flexibility index (Phi) is 5.45. The molecule has 0 aromatic carbocycles. The van der Waals surface area contributed by atoms with Crippen molar-refractivity contribution in [1.82, 2.24) is 15.3 Å². The van der Waals surface area contributed by atoms with Crippen molar-refractivity contribution in [2.24, 2.45) is 0 Å². The average Bonchev–Trinajstić information content (AvgIpc) is 2.79. The molecule has 0 atom stereocenters. The number of nitrogens with zero attached hydrogens (tertiary/aromatic N) is 2. The Labute approximate surface area is 130 Å². The molecule has 2 heterocycles. The molecule has 2 rings (SSSR count). The number of pyridine rings is 1. The average molecular weight is 305 g/mol. The minimum Gasteiger partial charge on any atom is -0.378 e. The number of methoxy groups -OCH3 is 1. The highest BCUT2D eigenvalue weighted by atomic mass is 32.1. The second-order valence-corrected chi connectivity index (χ2v) is 7.21. The molecule has 0 aliphatic carbocycles. The Balaban J connectivity index is 2.12. The number of nitrogens with one attached hydrogen (secondary N) is 1. The van der Waals surface area contributed by atoms with Crippen LogP contribution < -0.4 is 5.32 Å². The van der Waals surface area contributed by atoms with Crippen LogP contribution in [0.3, 0.4) is 0 Å². The summed E-state index contributed by atoms with van der Waals surface area (Å²) in [5.41, 5.74) is 2.38. The molecule has 0 fully saturated rings. The van der Waals surface area contributed by atoms with Crippen molar-refractivity contribution in [1.29, 1.82) is 0 Å². The number of hydrogen-bond donors (Lipinski definition) is 1. The minimum absolute atomic E-state index is 0.0968. The molecule has 1 N–H and O–H groups in total. The van der Waals surface area contributed by atoms with Crippen LogP contribution in [0.5, 0.6) is 0 Å². The fraction of sp³-hybridized carbons (Fsp3) is 0.500. The van der Waals surface area contributed by atoms with Crippen LogP contribution in [-0.2, 0) is 24.3 Å². The molecule has 4 nitrogen and oxygen atoms in total. The van der Waals surface area contributed by atoms with E-state index in [9.17, 15) is 0 Å². The summed E-state index contributed by atoms with van der Waals surface area (Å²) in [7, 11) is 1.71. The molecule has 0 unspecified atom stereocenters. The molecule has 0 bridgehead atoms. The van der Waals surface area contributed by atoms with Crippen LogP contribution in [0.15, 0.2) is 24.5 Å². The van der Waals surface area contributed by atoms with Gasteiger partial charge in [-0.05, 0) is 38.5 Å². The van der Waals surface area contributed by atoms with E-state index in [1.165, 1.54) is 10.4 Å². The Morgan fingerprint density at radius 1 is 1.24 bits per heavy atom. The third-order valence-electron chi connectivity index (χ3n) is 2.99. The summed E-state index contributed by atoms with van der Waals surface area (Å²) in [6.45, 7) is 7.90. The van der Waals surface area contributed by atoms with Gasteiger partial charge >= 0.3 is 0 Å². The van der Waals surface area contributed by atoms with Crippen LogP contribution in [0.2, 0.25) is 0 Å². The highest BCUT2D eigenvalue weighted by molar-refractivity contribution is 7.11. The Bertz CT molecular complexity index is 561. The fourth-order valence-electron chi connectivity index (χ4n) is 1.92. The zero-order valence-corrected chi connectivity index (χ0v) is 14.0. The number of ether oxygens (including phenoxy) is 1. The standard InChI is InChI=1S/C16H23N3OS/c1-16(2,3)18-10-14-13(11-20-4)19-15(21-14)9-12-5-7-17-8-6-12/h5-8,18H,9-11H2,1-4H3. The predicted octanol–water partition coefficient (Wildman–Crippen LogP) is 3.16. The van der Waals surface area contributed by atoms with E-state index in [-0.39, 0.29) is 5.54 Å². The first kappa shape index (κ1) is 16.1. The van der Waals surface area contributed by atoms with E-state index in [1.807, 2.05) is 24.5 Å². The lowest BCUT2D eigenvalue weighted by Crippen LogP contribution is -2.35. The second kappa shape index (κ2) is 7.11. The lowest BCUT2D eigenvalue weighted by Gasteiger charge is -2.20. The predicted molar refractivity (Wildman–Crippen MR) is 86.5 cm³/mol. The summed E-state index contributed by atoms with van der Waals surface area (Å²) in [4.78, 5) is 10.0. The van der Waals surface area contributed by atoms with Gasteiger partial charge in [-0.15, -0.1) is 11.3 Å². The minimum atomic E-state index is 0.0968. The fourth-order valence-corrected chi connectivity index (χ4v) is 2.97. The van der Waals surface area contributed by atoms with Crippen LogP contribution in [0.25, 0.3) is 0 Å². The Morgan fingerprint density at radius 2 is 1.95 bits per heavy atom. The van der Waals surface area contributed by atoms with Gasteiger partial charge in [-0.25, -0.2) is 4.98 Å². The lowest BCUT2D eigenvalue weighted by molar-refractivity contribution is 0.181. The summed E-state index contributed by atoms with van der Waals surface area (Å²) < 4.78 is 5.27. The summed E-state index contributed by atoms with van der Waals surface area (Å²) >= 11 is 1.76. The third-order valence-corrected chi connectivity index (χ3v) is 4.09. The summed E-state index contributed by atoms with van der Waals surface area (Å²) in [6.07, 6.45) is 4.49. The molecule has 114 valence electrons. The van der Waals surface area contributed by atoms with Crippen LogP contribution in [0.1, 0.15) is 41.9 Å². The van der Waals surface area contributed by atoms with E-state index in [2.05, 4.69) is 31.1 Å². The van der Waals surface area contributed by atoms with Crippen molar-refractivity contribution in [2.45, 2.75) is 45.9 Å². The van der Waals surface area contributed by atoms with Gasteiger partial charge in [0.25, 0.3) is 0 Å². The van der Waals surface area contributed by atoms with Crippen molar-refractivity contribution < 1.29 is 4.74 Å². The SMILES string of the molecule is COCc1nc(Cc2ccncc2)sc1CNC(C)(C)C. The zero-order chi connectivity index (χ0) is 15.3. The second-order valence-electron chi connectivity index (χ2n) is 6.05. The normalized spacial score (nSPS) is 11.8. The lowest BCUT2D eigenvalue weighted by atomic mass is 10.1. The highest BCUT2D eigenvalue weighted by Crippen LogP contribution is 2.22. The molecule has 0 radical (unpaired) electrons. The maximum absolute atomic E-state index is 5.27. The van der Waals surface area contributed by atoms with E-state index in [0.29, 0.717) is 6.61 Å². The zero-order valence-electron chi connectivity index (χ0n) is 13.1. The summed E-state index contributed by atoms with van der Waals surface area (Å²) in [5, 5.41) is 4.64. The van der Waals surface area contributed by atoms with Gasteiger partial charge in [-0.2, -0.15) is 0 Å². The summed E-state index contributed by atoms with van der Waals surface area (Å²) in [5.74, 6) is 0. The maximum Gasteiger partial charge on any atom is 0.0976 e. The molecule has 0 saturated heterocycles. The quantitative estimate of drug-likeness (QED) is 0.890. The molecular weight excluding hydrogens is 282 g/mol. The van der Waals surface area contributed by atoms with Crippen molar-refractivity contribution in [3.05, 3.63) is 45.7 Å². The molecule has 0 saturated carbocycles. The largest absolute Gasteiger partial charge is 0.378 e. The molecule has 0 amide bonds. The molecule has 2 aromatic heterocycles. The van der Waals surface area contributed by atoms with Crippen LogP contribution in [-0.4, -0.2) is 22.6 Å². The van der Waals surface area contributed by atoms with Gasteiger partial charge in [0.2, 0.25) is 0 Å². The maximum atomic E-state index is 5.27. The van der Waals surface area contributed by atoms with E-state index in [1.54, 1.807) is 18.4 Å². The Morgan fingerprint density at radius 3 is 2.57 bits per heavy atom. The first-order chi connectivity index (χ1) is 9.98. The molecule has 0 aliphatic rings. The van der Waals surface area contributed by atoms with Crippen LogP contribution in [0, 0.1) is 0 Å². The van der Waals surface area contributed by atoms with Crippen molar-refractivity contribution in [3.63, 3.8) is 0 Å². The van der Waals surface area contributed by atoms with Crippen molar-refractivity contribution in [2.75, 3.05) is 7.11 Å². The van der Waals surface area contributed by atoms with Gasteiger partial charge in [0.15, 0.2) is 0 Å². The van der Waals surface area contributed by atoms with E-state index in [4.69, 9.17) is 9.72 Å². The number of rotatable bonds is 6. The molecule has 0 aliphatic heterocycles. The van der Waals surface area contributed by atoms with Crippen molar-refractivity contribution >= 4 is 11.3 Å². The van der Waals surface area contributed by atoms with Gasteiger partial charge < -0.3 is 10.1 Å². The highest BCUT2D eigenvalue weighted by Gasteiger charge is 2.15. The van der Waals surface area contributed by atoms with Gasteiger partial charge in [-0.1, -0.05) is 0 Å².